The summed E-state index contributed by atoms with van der Waals surface area (Å²) in [6.07, 6.45) is 0. The average molecular weight is 110 g/mol. The van der Waals surface area contributed by atoms with Crippen LogP contribution in [-0.4, -0.2) is 9.79 Å². The molecule has 0 aromatic carbocycles. The summed E-state index contributed by atoms with van der Waals surface area (Å²) < 4.78 is 8.74. The van der Waals surface area contributed by atoms with Crippen molar-refractivity contribution in [3.8, 4) is 0 Å². The van der Waals surface area contributed by atoms with Crippen LogP contribution in [0.1, 0.15) is 0 Å². The Morgan fingerprint density at radius 2 is 1.33 bits per heavy atom. The summed E-state index contributed by atoms with van der Waals surface area (Å²) in [7, 11) is -3.13. The Labute approximate surface area is 36.9 Å². The third-order valence-electron chi connectivity index (χ3n) is 0. The number of hydrogen-bond donors (Lipinski definition) is 2. The number of hydrogen-bond acceptors (Lipinski definition) is 1. The fourth-order valence-corrected chi connectivity index (χ4v) is 0. The summed E-state index contributed by atoms with van der Waals surface area (Å²) >= 11 is 0. The van der Waals surface area contributed by atoms with E-state index in [0.717, 1.165) is 0 Å². The molecule has 0 aromatic rings. The van der Waals surface area contributed by atoms with Crippen LogP contribution in [-0.2, 0) is 4.57 Å². The molecule has 0 unspecified atom stereocenters. The van der Waals surface area contributed by atoms with Gasteiger partial charge in [0.2, 0.25) is 0 Å². The normalized spacial score (nSPS) is 6.50. The van der Waals surface area contributed by atoms with E-state index in [-0.39, 0.29) is 0 Å². The van der Waals surface area contributed by atoms with Gasteiger partial charge in [0.05, 0.1) is 0 Å². The lowest BCUT2D eigenvalue weighted by Gasteiger charge is -1.61. The van der Waals surface area contributed by atoms with Gasteiger partial charge >= 0.3 is 8.25 Å². The van der Waals surface area contributed by atoms with Gasteiger partial charge in [-0.3, -0.25) is 4.57 Å². The first kappa shape index (κ1) is 9.31. The van der Waals surface area contributed by atoms with E-state index in [2.05, 4.69) is 13.2 Å². The second kappa shape index (κ2) is 8.86. The molecule has 0 rings (SSSR count). The van der Waals surface area contributed by atoms with Crippen molar-refractivity contribution in [1.29, 1.82) is 0 Å². The van der Waals surface area contributed by atoms with Gasteiger partial charge in [0.25, 0.3) is 0 Å². The van der Waals surface area contributed by atoms with E-state index >= 15 is 0 Å². The zero-order valence-electron chi connectivity index (χ0n) is 3.22. The van der Waals surface area contributed by atoms with Crippen molar-refractivity contribution >= 4 is 8.25 Å². The third-order valence-corrected chi connectivity index (χ3v) is 0. The molecule has 0 bridgehead atoms. The molecule has 6 heavy (non-hydrogen) atoms. The highest BCUT2D eigenvalue weighted by Gasteiger charge is 1.61. The SMILES string of the molecule is C=C.O=[PH](O)O. The maximum absolute atomic E-state index is 8.74. The number of rotatable bonds is 0. The van der Waals surface area contributed by atoms with Crippen molar-refractivity contribution in [3.63, 3.8) is 0 Å². The lowest BCUT2D eigenvalue weighted by Crippen LogP contribution is -1.38. The average Bonchev–Trinajstić information content (AvgIpc) is 1.41. The molecule has 2 N–H and O–H groups in total. The highest BCUT2D eigenvalue weighted by molar-refractivity contribution is 7.30. The van der Waals surface area contributed by atoms with Crippen molar-refractivity contribution in [2.75, 3.05) is 0 Å². The summed E-state index contributed by atoms with van der Waals surface area (Å²) in [6, 6.07) is 0. The van der Waals surface area contributed by atoms with Crippen LogP contribution in [0.4, 0.5) is 0 Å². The molecule has 0 spiro atoms. The smallest absolute Gasteiger partial charge is 0.314 e. The van der Waals surface area contributed by atoms with Crippen LogP contribution in [0, 0.1) is 0 Å². The molecule has 0 saturated heterocycles. The van der Waals surface area contributed by atoms with Crippen LogP contribution in [0.15, 0.2) is 13.2 Å². The minimum atomic E-state index is -3.13. The van der Waals surface area contributed by atoms with Crippen molar-refractivity contribution in [2.24, 2.45) is 0 Å². The third kappa shape index (κ3) is 2690. The van der Waals surface area contributed by atoms with Crippen molar-refractivity contribution in [2.45, 2.75) is 0 Å². The molecular formula is C2H7O3P. The van der Waals surface area contributed by atoms with Crippen molar-refractivity contribution in [3.05, 3.63) is 13.2 Å². The predicted molar refractivity (Wildman–Crippen MR) is 24.7 cm³/mol. The Morgan fingerprint density at radius 1 is 1.33 bits per heavy atom. The molecule has 38 valence electrons. The van der Waals surface area contributed by atoms with E-state index in [0.29, 0.717) is 0 Å². The summed E-state index contributed by atoms with van der Waals surface area (Å²) in [5.74, 6) is 0. The van der Waals surface area contributed by atoms with Crippen molar-refractivity contribution < 1.29 is 14.4 Å². The van der Waals surface area contributed by atoms with Gasteiger partial charge in [-0.05, 0) is 0 Å². The maximum atomic E-state index is 8.74. The molecule has 4 heteroatoms. The molecular weight excluding hydrogens is 103 g/mol. The second-order valence-electron chi connectivity index (χ2n) is 0.283. The van der Waals surface area contributed by atoms with Crippen molar-refractivity contribution in [1.82, 2.24) is 0 Å². The standard InChI is InChI=1S/C2H4.H3O3P/c1-2;1-4(2)3/h1-2H2;4H,(H2,1,2,3). The first-order valence-electron chi connectivity index (χ1n) is 1.15. The molecule has 0 saturated carbocycles. The van der Waals surface area contributed by atoms with Crippen LogP contribution < -0.4 is 0 Å². The van der Waals surface area contributed by atoms with Crippen LogP contribution >= 0.6 is 8.25 Å². The first-order chi connectivity index (χ1) is 2.73. The Bertz CT molecular complexity index is 40.1. The molecule has 0 aliphatic carbocycles. The van der Waals surface area contributed by atoms with Crippen LogP contribution in [0.25, 0.3) is 0 Å². The van der Waals surface area contributed by atoms with Crippen LogP contribution in [0.2, 0.25) is 0 Å². The summed E-state index contributed by atoms with van der Waals surface area (Å²) in [4.78, 5) is 14.3. The lowest BCUT2D eigenvalue weighted by atomic mass is 11.3. The Hall–Kier alpha value is -0.110. The Kier molecular flexibility index (Phi) is 13.7. The van der Waals surface area contributed by atoms with Gasteiger partial charge in [-0.1, -0.05) is 0 Å². The molecule has 0 atom stereocenters. The first-order valence-corrected chi connectivity index (χ1v) is 2.45. The molecule has 0 aliphatic rings. The molecule has 3 nitrogen and oxygen atoms in total. The van der Waals surface area contributed by atoms with E-state index in [1.807, 2.05) is 0 Å². The van der Waals surface area contributed by atoms with Gasteiger partial charge in [0.15, 0.2) is 0 Å². The second-order valence-corrected chi connectivity index (χ2v) is 0.848. The van der Waals surface area contributed by atoms with Gasteiger partial charge in [0.1, 0.15) is 0 Å². The minimum absolute atomic E-state index is 3.00. The van der Waals surface area contributed by atoms with Gasteiger partial charge in [-0.15, -0.1) is 13.2 Å². The summed E-state index contributed by atoms with van der Waals surface area (Å²) in [5.41, 5.74) is 0. The Balaban J connectivity index is 0. The highest BCUT2D eigenvalue weighted by Crippen LogP contribution is 1.98. The monoisotopic (exact) mass is 110 g/mol. The van der Waals surface area contributed by atoms with Gasteiger partial charge in [-0.2, -0.15) is 0 Å². The van der Waals surface area contributed by atoms with Crippen LogP contribution in [0.3, 0.4) is 0 Å². The maximum Gasteiger partial charge on any atom is 0.314 e. The molecule has 0 fully saturated rings. The zero-order chi connectivity index (χ0) is 5.58. The quantitative estimate of drug-likeness (QED) is 0.345. The van der Waals surface area contributed by atoms with Gasteiger partial charge < -0.3 is 9.79 Å². The highest BCUT2D eigenvalue weighted by atomic mass is 31.1. The molecule has 0 amide bonds. The fraction of sp³-hybridized carbons (Fsp3) is 0. The van der Waals surface area contributed by atoms with Crippen LogP contribution in [0.5, 0.6) is 0 Å². The summed E-state index contributed by atoms with van der Waals surface area (Å²) in [5, 5.41) is 0. The minimum Gasteiger partial charge on any atom is -0.326 e. The molecule has 0 heterocycles. The van der Waals surface area contributed by atoms with Gasteiger partial charge in [0, 0.05) is 0 Å². The summed E-state index contributed by atoms with van der Waals surface area (Å²) in [6.45, 7) is 6.00. The molecule has 0 radical (unpaired) electrons. The lowest BCUT2D eigenvalue weighted by molar-refractivity contribution is 0.405. The predicted octanol–water partition coefficient (Wildman–Crippen LogP) is 0.163. The largest absolute Gasteiger partial charge is 0.326 e. The molecule has 0 aliphatic heterocycles. The Morgan fingerprint density at radius 3 is 1.33 bits per heavy atom. The van der Waals surface area contributed by atoms with E-state index in [1.54, 1.807) is 0 Å². The van der Waals surface area contributed by atoms with E-state index in [1.165, 1.54) is 0 Å². The fourth-order valence-electron chi connectivity index (χ4n) is 0. The topological polar surface area (TPSA) is 57.5 Å². The zero-order valence-corrected chi connectivity index (χ0v) is 4.22. The van der Waals surface area contributed by atoms with E-state index in [9.17, 15) is 0 Å². The van der Waals surface area contributed by atoms with E-state index < -0.39 is 8.25 Å². The van der Waals surface area contributed by atoms with E-state index in [4.69, 9.17) is 14.4 Å². The van der Waals surface area contributed by atoms with Gasteiger partial charge in [-0.25, -0.2) is 0 Å². The molecule has 0 aromatic heterocycles.